The quantitative estimate of drug-likeness (QED) is 0.908. The number of hydrogen-bond acceptors (Lipinski definition) is 3. The van der Waals surface area contributed by atoms with Crippen LogP contribution in [0.1, 0.15) is 5.56 Å². The van der Waals surface area contributed by atoms with Gasteiger partial charge in [0.25, 0.3) is 5.91 Å². The van der Waals surface area contributed by atoms with Gasteiger partial charge in [-0.3, -0.25) is 4.79 Å². The van der Waals surface area contributed by atoms with Crippen molar-refractivity contribution in [3.63, 3.8) is 0 Å². The summed E-state index contributed by atoms with van der Waals surface area (Å²) in [5.74, 6) is 0.853. The number of nitrogens with zero attached hydrogens (tertiary/aromatic N) is 1. The maximum Gasteiger partial charge on any atom is 0.416 e. The molecule has 8 heteroatoms. The molecule has 0 spiro atoms. The van der Waals surface area contributed by atoms with E-state index in [1.807, 2.05) is 0 Å². The van der Waals surface area contributed by atoms with Crippen LogP contribution in [0.3, 0.4) is 0 Å². The zero-order chi connectivity index (χ0) is 15.7. The fourth-order valence-electron chi connectivity index (χ4n) is 3.06. The first-order chi connectivity index (χ1) is 10.4. The summed E-state index contributed by atoms with van der Waals surface area (Å²) in [7, 11) is 0. The zero-order valence-corrected chi connectivity index (χ0v) is 13.1. The van der Waals surface area contributed by atoms with Crippen molar-refractivity contribution in [2.24, 2.45) is 11.8 Å². The normalized spacial score (nSPS) is 23.3. The molecule has 4 nitrogen and oxygen atoms in total. The van der Waals surface area contributed by atoms with Gasteiger partial charge in [0.1, 0.15) is 5.75 Å². The summed E-state index contributed by atoms with van der Waals surface area (Å²) < 4.78 is 43.1. The molecular weight excluding hydrogens is 333 g/mol. The molecule has 1 amide bonds. The molecule has 0 saturated carbocycles. The predicted molar refractivity (Wildman–Crippen MR) is 80.6 cm³/mol. The van der Waals surface area contributed by atoms with E-state index in [0.29, 0.717) is 24.9 Å². The lowest BCUT2D eigenvalue weighted by Gasteiger charge is -2.18. The van der Waals surface area contributed by atoms with Gasteiger partial charge >= 0.3 is 6.18 Å². The molecule has 2 aliphatic heterocycles. The number of hydrogen-bond donors (Lipinski definition) is 1. The molecule has 0 aromatic heterocycles. The van der Waals surface area contributed by atoms with Crippen molar-refractivity contribution in [1.29, 1.82) is 0 Å². The minimum Gasteiger partial charge on any atom is -0.484 e. The SMILES string of the molecule is Cl.O=C(COc1cccc(C(F)(F)F)c1)N1C[C@H]2CNC[C@H]2C1. The first kappa shape index (κ1) is 17.9. The number of benzene rings is 1. The van der Waals surface area contributed by atoms with Gasteiger partial charge in [0.05, 0.1) is 5.56 Å². The van der Waals surface area contributed by atoms with Gasteiger partial charge in [0.15, 0.2) is 6.61 Å². The highest BCUT2D eigenvalue weighted by molar-refractivity contribution is 5.85. The molecule has 0 aliphatic carbocycles. The van der Waals surface area contributed by atoms with Crippen LogP contribution >= 0.6 is 12.4 Å². The molecule has 1 aromatic carbocycles. The molecule has 2 fully saturated rings. The Morgan fingerprint density at radius 2 is 1.91 bits per heavy atom. The topological polar surface area (TPSA) is 41.6 Å². The molecule has 3 rings (SSSR count). The van der Waals surface area contributed by atoms with Gasteiger partial charge in [0, 0.05) is 26.2 Å². The van der Waals surface area contributed by atoms with Crippen molar-refractivity contribution in [3.05, 3.63) is 29.8 Å². The average molecular weight is 351 g/mol. The third-order valence-corrected chi connectivity index (χ3v) is 4.27. The number of rotatable bonds is 3. The number of alkyl halides is 3. The van der Waals surface area contributed by atoms with Crippen molar-refractivity contribution in [1.82, 2.24) is 10.2 Å². The number of carbonyl (C=O) groups is 1. The molecule has 0 bridgehead atoms. The summed E-state index contributed by atoms with van der Waals surface area (Å²) >= 11 is 0. The second-order valence-corrected chi connectivity index (χ2v) is 5.79. The van der Waals surface area contributed by atoms with Crippen LogP contribution in [0.4, 0.5) is 13.2 Å². The summed E-state index contributed by atoms with van der Waals surface area (Å²) in [5.41, 5.74) is -0.778. The van der Waals surface area contributed by atoms with Crippen LogP contribution in [0.2, 0.25) is 0 Å². The number of carbonyl (C=O) groups excluding carboxylic acids is 1. The summed E-state index contributed by atoms with van der Waals surface area (Å²) in [4.78, 5) is 13.8. The fraction of sp³-hybridized carbons (Fsp3) is 0.533. The molecule has 1 N–H and O–H groups in total. The van der Waals surface area contributed by atoms with E-state index in [2.05, 4.69) is 5.32 Å². The van der Waals surface area contributed by atoms with Crippen molar-refractivity contribution < 1.29 is 22.7 Å². The molecule has 0 radical (unpaired) electrons. The van der Waals surface area contributed by atoms with Gasteiger partial charge in [-0.25, -0.2) is 0 Å². The fourth-order valence-corrected chi connectivity index (χ4v) is 3.06. The summed E-state index contributed by atoms with van der Waals surface area (Å²) in [5, 5.41) is 3.29. The first-order valence-corrected chi connectivity index (χ1v) is 7.22. The smallest absolute Gasteiger partial charge is 0.416 e. The number of amides is 1. The Kier molecular flexibility index (Phi) is 5.41. The second-order valence-electron chi connectivity index (χ2n) is 5.79. The van der Waals surface area contributed by atoms with Gasteiger partial charge < -0.3 is 15.0 Å². The van der Waals surface area contributed by atoms with Crippen LogP contribution in [0.5, 0.6) is 5.75 Å². The number of fused-ring (bicyclic) bond motifs is 1. The van der Waals surface area contributed by atoms with E-state index in [1.54, 1.807) is 4.90 Å². The van der Waals surface area contributed by atoms with E-state index < -0.39 is 11.7 Å². The number of halogens is 4. The van der Waals surface area contributed by atoms with Crippen molar-refractivity contribution >= 4 is 18.3 Å². The van der Waals surface area contributed by atoms with Crippen LogP contribution in [0.15, 0.2) is 24.3 Å². The Bertz CT molecular complexity index is 556. The van der Waals surface area contributed by atoms with E-state index in [4.69, 9.17) is 4.74 Å². The standard InChI is InChI=1S/C15H17F3N2O2.ClH/c16-15(17,18)12-2-1-3-13(4-12)22-9-14(21)20-7-10-5-19-6-11(10)8-20;/h1-4,10-11,19H,5-9H2;1H/t10-,11+;. The average Bonchev–Trinajstić information content (AvgIpc) is 3.05. The lowest BCUT2D eigenvalue weighted by Crippen LogP contribution is -2.35. The molecular formula is C15H18ClF3N2O2. The maximum absolute atomic E-state index is 12.6. The molecule has 2 saturated heterocycles. The Morgan fingerprint density at radius 1 is 1.26 bits per heavy atom. The van der Waals surface area contributed by atoms with E-state index in [0.717, 1.165) is 25.2 Å². The largest absolute Gasteiger partial charge is 0.484 e. The van der Waals surface area contributed by atoms with Gasteiger partial charge in [0.2, 0.25) is 0 Å². The Morgan fingerprint density at radius 3 is 2.52 bits per heavy atom. The first-order valence-electron chi connectivity index (χ1n) is 7.22. The minimum atomic E-state index is -4.41. The Labute approximate surface area is 138 Å². The number of likely N-dealkylation sites (tertiary alicyclic amines) is 1. The molecule has 2 heterocycles. The highest BCUT2D eigenvalue weighted by Crippen LogP contribution is 2.31. The molecule has 2 atom stereocenters. The van der Waals surface area contributed by atoms with E-state index >= 15 is 0 Å². The van der Waals surface area contributed by atoms with Gasteiger partial charge in [-0.05, 0) is 30.0 Å². The van der Waals surface area contributed by atoms with Crippen LogP contribution < -0.4 is 10.1 Å². The summed E-state index contributed by atoms with van der Waals surface area (Å²) in [6.45, 7) is 3.00. The third-order valence-electron chi connectivity index (χ3n) is 4.27. The molecule has 1 aromatic rings. The van der Waals surface area contributed by atoms with Crippen LogP contribution in [-0.2, 0) is 11.0 Å². The summed E-state index contributed by atoms with van der Waals surface area (Å²) in [6.07, 6.45) is -4.41. The molecule has 128 valence electrons. The summed E-state index contributed by atoms with van der Waals surface area (Å²) in [6, 6.07) is 4.58. The van der Waals surface area contributed by atoms with E-state index in [-0.39, 0.29) is 30.7 Å². The second kappa shape index (κ2) is 6.97. The van der Waals surface area contributed by atoms with Crippen LogP contribution in [0.25, 0.3) is 0 Å². The number of ether oxygens (including phenoxy) is 1. The third kappa shape index (κ3) is 4.09. The molecule has 0 unspecified atom stereocenters. The van der Waals surface area contributed by atoms with Gasteiger partial charge in [-0.2, -0.15) is 13.2 Å². The zero-order valence-electron chi connectivity index (χ0n) is 12.3. The van der Waals surface area contributed by atoms with Crippen molar-refractivity contribution in [2.75, 3.05) is 32.8 Å². The van der Waals surface area contributed by atoms with Crippen molar-refractivity contribution in [3.8, 4) is 5.75 Å². The Hall–Kier alpha value is -1.47. The lowest BCUT2D eigenvalue weighted by molar-refractivity contribution is -0.137. The van der Waals surface area contributed by atoms with E-state index in [1.165, 1.54) is 12.1 Å². The highest BCUT2D eigenvalue weighted by atomic mass is 35.5. The van der Waals surface area contributed by atoms with Crippen LogP contribution in [0, 0.1) is 11.8 Å². The highest BCUT2D eigenvalue weighted by Gasteiger charge is 2.38. The van der Waals surface area contributed by atoms with Gasteiger partial charge in [-0.1, -0.05) is 6.07 Å². The monoisotopic (exact) mass is 350 g/mol. The van der Waals surface area contributed by atoms with Crippen LogP contribution in [-0.4, -0.2) is 43.6 Å². The Balaban J connectivity index is 0.00000192. The minimum absolute atomic E-state index is 0. The van der Waals surface area contributed by atoms with E-state index in [9.17, 15) is 18.0 Å². The van der Waals surface area contributed by atoms with Gasteiger partial charge in [-0.15, -0.1) is 12.4 Å². The molecule has 2 aliphatic rings. The maximum atomic E-state index is 12.6. The molecule has 23 heavy (non-hydrogen) atoms. The number of nitrogens with one attached hydrogen (secondary N) is 1. The van der Waals surface area contributed by atoms with Crippen molar-refractivity contribution in [2.45, 2.75) is 6.18 Å². The lowest BCUT2D eigenvalue weighted by atomic mass is 10.0. The predicted octanol–water partition coefficient (Wildman–Crippen LogP) is 2.18.